The molecule has 0 aliphatic carbocycles. The Morgan fingerprint density at radius 3 is 2.56 bits per heavy atom. The van der Waals surface area contributed by atoms with Gasteiger partial charge in [-0.25, -0.2) is 0 Å². The zero-order chi connectivity index (χ0) is 13.7. The van der Waals surface area contributed by atoms with Crippen molar-refractivity contribution in [3.8, 4) is 0 Å². The van der Waals surface area contributed by atoms with Crippen LogP contribution in [0.15, 0.2) is 24.3 Å². The van der Waals surface area contributed by atoms with Crippen LogP contribution >= 0.6 is 0 Å². The van der Waals surface area contributed by atoms with Gasteiger partial charge in [-0.15, -0.1) is 0 Å². The van der Waals surface area contributed by atoms with E-state index in [4.69, 9.17) is 11.5 Å². The molecule has 0 fully saturated rings. The summed E-state index contributed by atoms with van der Waals surface area (Å²) in [5, 5.41) is 1.72. The topological polar surface area (TPSA) is 115 Å². The summed E-state index contributed by atoms with van der Waals surface area (Å²) in [5.41, 5.74) is 11.5. The number of rotatable bonds is 5. The molecule has 2 unspecified atom stereocenters. The lowest BCUT2D eigenvalue weighted by molar-refractivity contribution is -0.115. The van der Waals surface area contributed by atoms with Crippen LogP contribution in [-0.4, -0.2) is 27.0 Å². The van der Waals surface area contributed by atoms with Gasteiger partial charge in [0.05, 0.1) is 11.4 Å². The molecule has 1 rings (SSSR count). The standard InChI is InChI=1S/C11H15N3O3S/c1-7(18(17)6-10(13)15)11(16)14-9-5-3-2-4-8(9)12/h2-5,7H,6,12H2,1H3,(H2,13,15)(H,14,16). The molecular formula is C11H15N3O3S. The first-order valence-electron chi connectivity index (χ1n) is 5.22. The van der Waals surface area contributed by atoms with E-state index in [1.165, 1.54) is 6.92 Å². The maximum Gasteiger partial charge on any atom is 0.239 e. The third-order valence-corrected chi connectivity index (χ3v) is 3.84. The Kier molecular flexibility index (Phi) is 4.85. The van der Waals surface area contributed by atoms with E-state index in [0.717, 1.165) is 0 Å². The van der Waals surface area contributed by atoms with E-state index in [1.807, 2.05) is 0 Å². The van der Waals surface area contributed by atoms with Gasteiger partial charge in [-0.2, -0.15) is 0 Å². The molecule has 0 radical (unpaired) electrons. The molecule has 2 atom stereocenters. The lowest BCUT2D eigenvalue weighted by Crippen LogP contribution is -2.33. The quantitative estimate of drug-likeness (QED) is 0.643. The predicted molar refractivity (Wildman–Crippen MR) is 71.1 cm³/mol. The molecule has 6 nitrogen and oxygen atoms in total. The number of para-hydroxylation sites is 2. The Bertz CT molecular complexity index is 490. The Morgan fingerprint density at radius 2 is 2.00 bits per heavy atom. The lowest BCUT2D eigenvalue weighted by atomic mass is 10.2. The average Bonchev–Trinajstić information content (AvgIpc) is 2.30. The Morgan fingerprint density at radius 1 is 1.39 bits per heavy atom. The normalized spacial score (nSPS) is 13.6. The summed E-state index contributed by atoms with van der Waals surface area (Å²) in [6.45, 7) is 1.47. The highest BCUT2D eigenvalue weighted by Gasteiger charge is 2.21. The molecule has 5 N–H and O–H groups in total. The zero-order valence-corrected chi connectivity index (χ0v) is 10.7. The highest BCUT2D eigenvalue weighted by atomic mass is 32.2. The van der Waals surface area contributed by atoms with E-state index in [9.17, 15) is 13.8 Å². The van der Waals surface area contributed by atoms with Crippen molar-refractivity contribution < 1.29 is 13.8 Å². The number of benzene rings is 1. The molecule has 0 saturated heterocycles. The third kappa shape index (κ3) is 3.85. The number of nitrogens with two attached hydrogens (primary N) is 2. The van der Waals surface area contributed by atoms with Crippen molar-refractivity contribution in [1.82, 2.24) is 0 Å². The van der Waals surface area contributed by atoms with Gasteiger partial charge in [0, 0.05) is 10.8 Å². The van der Waals surface area contributed by atoms with Crippen molar-refractivity contribution in [3.05, 3.63) is 24.3 Å². The molecule has 2 amide bonds. The van der Waals surface area contributed by atoms with Crippen LogP contribution in [0.1, 0.15) is 6.92 Å². The average molecular weight is 269 g/mol. The number of primary amides is 1. The van der Waals surface area contributed by atoms with Crippen LogP contribution in [0.3, 0.4) is 0 Å². The first-order valence-corrected chi connectivity index (χ1v) is 6.61. The molecular weight excluding hydrogens is 254 g/mol. The summed E-state index contributed by atoms with van der Waals surface area (Å²) >= 11 is 0. The molecule has 0 spiro atoms. The number of hydrogen-bond donors (Lipinski definition) is 3. The molecule has 18 heavy (non-hydrogen) atoms. The van der Waals surface area contributed by atoms with Gasteiger partial charge < -0.3 is 16.8 Å². The fraction of sp³-hybridized carbons (Fsp3) is 0.273. The summed E-state index contributed by atoms with van der Waals surface area (Å²) < 4.78 is 11.6. The molecule has 98 valence electrons. The highest BCUT2D eigenvalue weighted by Crippen LogP contribution is 2.17. The van der Waals surface area contributed by atoms with E-state index < -0.39 is 27.9 Å². The molecule has 0 bridgehead atoms. The van der Waals surface area contributed by atoms with Crippen LogP contribution in [0.2, 0.25) is 0 Å². The van der Waals surface area contributed by atoms with Gasteiger partial charge in [-0.1, -0.05) is 12.1 Å². The summed E-state index contributed by atoms with van der Waals surface area (Å²) in [6, 6.07) is 6.73. The van der Waals surface area contributed by atoms with Gasteiger partial charge in [0.2, 0.25) is 11.8 Å². The number of anilines is 2. The molecule has 0 aliphatic rings. The van der Waals surface area contributed by atoms with E-state index in [-0.39, 0.29) is 5.75 Å². The summed E-state index contributed by atoms with van der Waals surface area (Å²) in [6.07, 6.45) is 0. The Hall–Kier alpha value is -1.89. The largest absolute Gasteiger partial charge is 0.397 e. The zero-order valence-electron chi connectivity index (χ0n) is 9.88. The van der Waals surface area contributed by atoms with Crippen LogP contribution in [0.25, 0.3) is 0 Å². The molecule has 1 aromatic rings. The second-order valence-corrected chi connectivity index (χ2v) is 5.47. The number of carbonyl (C=O) groups excluding carboxylic acids is 2. The second-order valence-electron chi connectivity index (χ2n) is 3.71. The second kappa shape index (κ2) is 6.15. The minimum Gasteiger partial charge on any atom is -0.397 e. The number of carbonyl (C=O) groups is 2. The van der Waals surface area contributed by atoms with Crippen LogP contribution in [0.5, 0.6) is 0 Å². The highest BCUT2D eigenvalue weighted by molar-refractivity contribution is 7.87. The number of nitrogens with one attached hydrogen (secondary N) is 1. The van der Waals surface area contributed by atoms with Crippen LogP contribution in [0, 0.1) is 0 Å². The smallest absolute Gasteiger partial charge is 0.239 e. The third-order valence-electron chi connectivity index (χ3n) is 2.27. The van der Waals surface area contributed by atoms with Crippen LogP contribution in [-0.2, 0) is 20.4 Å². The van der Waals surface area contributed by atoms with Crippen molar-refractivity contribution in [2.24, 2.45) is 5.73 Å². The fourth-order valence-corrected chi connectivity index (χ4v) is 2.06. The van der Waals surface area contributed by atoms with Gasteiger partial charge in [-0.3, -0.25) is 13.8 Å². The van der Waals surface area contributed by atoms with Gasteiger partial charge >= 0.3 is 0 Å². The van der Waals surface area contributed by atoms with E-state index in [2.05, 4.69) is 5.32 Å². The summed E-state index contributed by atoms with van der Waals surface area (Å²) in [5.74, 6) is -1.50. The van der Waals surface area contributed by atoms with Crippen LogP contribution < -0.4 is 16.8 Å². The lowest BCUT2D eigenvalue weighted by Gasteiger charge is -2.12. The Balaban J connectivity index is 2.69. The van der Waals surface area contributed by atoms with Gasteiger partial charge in [0.1, 0.15) is 11.0 Å². The van der Waals surface area contributed by atoms with Gasteiger partial charge in [-0.05, 0) is 19.1 Å². The first-order chi connectivity index (χ1) is 8.41. The maximum absolute atomic E-state index is 11.8. The Labute approximate surface area is 107 Å². The summed E-state index contributed by atoms with van der Waals surface area (Å²) in [7, 11) is -1.63. The molecule has 0 heterocycles. The van der Waals surface area contributed by atoms with Gasteiger partial charge in [0.25, 0.3) is 0 Å². The van der Waals surface area contributed by atoms with Crippen molar-refractivity contribution in [3.63, 3.8) is 0 Å². The first kappa shape index (κ1) is 14.2. The monoisotopic (exact) mass is 269 g/mol. The SMILES string of the molecule is CC(C(=O)Nc1ccccc1N)S(=O)CC(N)=O. The van der Waals surface area contributed by atoms with Crippen molar-refractivity contribution in [1.29, 1.82) is 0 Å². The number of nitrogen functional groups attached to an aromatic ring is 1. The van der Waals surface area contributed by atoms with Gasteiger partial charge in [0.15, 0.2) is 0 Å². The predicted octanol–water partition coefficient (Wildman–Crippen LogP) is -0.170. The van der Waals surface area contributed by atoms with E-state index in [0.29, 0.717) is 11.4 Å². The van der Waals surface area contributed by atoms with Crippen molar-refractivity contribution in [2.75, 3.05) is 16.8 Å². The van der Waals surface area contributed by atoms with Crippen molar-refractivity contribution >= 4 is 34.0 Å². The molecule has 0 saturated carbocycles. The van der Waals surface area contributed by atoms with E-state index >= 15 is 0 Å². The van der Waals surface area contributed by atoms with Crippen molar-refractivity contribution in [2.45, 2.75) is 12.2 Å². The molecule has 0 aromatic heterocycles. The molecule has 7 heteroatoms. The molecule has 1 aromatic carbocycles. The summed E-state index contributed by atoms with van der Waals surface area (Å²) in [4.78, 5) is 22.4. The molecule has 0 aliphatic heterocycles. The van der Waals surface area contributed by atoms with E-state index in [1.54, 1.807) is 24.3 Å². The maximum atomic E-state index is 11.8. The number of amides is 2. The fourth-order valence-electron chi connectivity index (χ4n) is 1.23. The minimum absolute atomic E-state index is 0.334. The minimum atomic E-state index is -1.63. The number of hydrogen-bond acceptors (Lipinski definition) is 4. The van der Waals surface area contributed by atoms with Crippen LogP contribution in [0.4, 0.5) is 11.4 Å².